The second-order valence-electron chi connectivity index (χ2n) is 5.61. The Morgan fingerprint density at radius 3 is 2.52 bits per heavy atom. The van der Waals surface area contributed by atoms with Crippen molar-refractivity contribution in [2.45, 2.75) is 52.5 Å². The minimum absolute atomic E-state index is 0.0887. The Bertz CT molecular complexity index is 424. The monoisotopic (exact) mass is 315 g/mol. The number of rotatable bonds is 9. The lowest BCUT2D eigenvalue weighted by molar-refractivity contribution is -0.0124. The van der Waals surface area contributed by atoms with Crippen molar-refractivity contribution in [3.8, 4) is 5.75 Å². The highest BCUT2D eigenvalue weighted by Crippen LogP contribution is 2.28. The molecule has 0 radical (unpaired) electrons. The molecule has 0 saturated carbocycles. The quantitative estimate of drug-likeness (QED) is 0.735. The van der Waals surface area contributed by atoms with E-state index < -0.39 is 6.10 Å². The van der Waals surface area contributed by atoms with Gasteiger partial charge in [-0.25, -0.2) is 0 Å². The van der Waals surface area contributed by atoms with Crippen LogP contribution in [0.1, 0.15) is 33.3 Å². The standard InChI is InChI=1S/C16H26ClNO3/c1-11(2)18-8-13-6-5-7-15(17)16(13)21-10-14(19)9-20-12(3)4/h5-7,11-12,14,18-19H,8-10H2,1-4H3. The van der Waals surface area contributed by atoms with Crippen molar-refractivity contribution in [1.82, 2.24) is 5.32 Å². The molecule has 1 rings (SSSR count). The molecule has 0 amide bonds. The highest BCUT2D eigenvalue weighted by atomic mass is 35.5. The third-order valence-electron chi connectivity index (χ3n) is 2.79. The van der Waals surface area contributed by atoms with Crippen LogP contribution in [0.4, 0.5) is 0 Å². The molecular formula is C16H26ClNO3. The van der Waals surface area contributed by atoms with Gasteiger partial charge < -0.3 is 19.9 Å². The van der Waals surface area contributed by atoms with Crippen molar-refractivity contribution in [3.05, 3.63) is 28.8 Å². The van der Waals surface area contributed by atoms with Gasteiger partial charge in [-0.15, -0.1) is 0 Å². The molecular weight excluding hydrogens is 290 g/mol. The van der Waals surface area contributed by atoms with Gasteiger partial charge in [0.25, 0.3) is 0 Å². The molecule has 5 heteroatoms. The van der Waals surface area contributed by atoms with E-state index >= 15 is 0 Å². The number of para-hydroxylation sites is 1. The molecule has 0 saturated heterocycles. The number of nitrogens with one attached hydrogen (secondary N) is 1. The van der Waals surface area contributed by atoms with Gasteiger partial charge in [0.1, 0.15) is 18.5 Å². The molecule has 0 heterocycles. The molecule has 1 aromatic rings. The van der Waals surface area contributed by atoms with Crippen LogP contribution in [0.2, 0.25) is 5.02 Å². The topological polar surface area (TPSA) is 50.7 Å². The lowest BCUT2D eigenvalue weighted by Crippen LogP contribution is -2.26. The fourth-order valence-electron chi connectivity index (χ4n) is 1.70. The number of benzene rings is 1. The van der Waals surface area contributed by atoms with Gasteiger partial charge in [0.05, 0.1) is 17.7 Å². The summed E-state index contributed by atoms with van der Waals surface area (Å²) in [5, 5.41) is 13.7. The maximum atomic E-state index is 9.85. The highest BCUT2D eigenvalue weighted by molar-refractivity contribution is 6.32. The van der Waals surface area contributed by atoms with Crippen LogP contribution in [0.3, 0.4) is 0 Å². The largest absolute Gasteiger partial charge is 0.489 e. The Morgan fingerprint density at radius 1 is 1.19 bits per heavy atom. The fraction of sp³-hybridized carbons (Fsp3) is 0.625. The van der Waals surface area contributed by atoms with E-state index in [2.05, 4.69) is 19.2 Å². The third kappa shape index (κ3) is 7.14. The number of ether oxygens (including phenoxy) is 2. The van der Waals surface area contributed by atoms with Crippen LogP contribution in [0.15, 0.2) is 18.2 Å². The highest BCUT2D eigenvalue weighted by Gasteiger charge is 2.12. The lowest BCUT2D eigenvalue weighted by atomic mass is 10.2. The van der Waals surface area contributed by atoms with Crippen molar-refractivity contribution < 1.29 is 14.6 Å². The first-order valence-corrected chi connectivity index (χ1v) is 7.71. The molecule has 0 spiro atoms. The molecule has 0 aliphatic rings. The van der Waals surface area contributed by atoms with Gasteiger partial charge >= 0.3 is 0 Å². The van der Waals surface area contributed by atoms with Crippen molar-refractivity contribution in [1.29, 1.82) is 0 Å². The summed E-state index contributed by atoms with van der Waals surface area (Å²) in [6.07, 6.45) is -0.583. The summed E-state index contributed by atoms with van der Waals surface area (Å²) in [5.41, 5.74) is 0.980. The molecule has 1 aromatic carbocycles. The molecule has 0 aliphatic heterocycles. The predicted octanol–water partition coefficient (Wildman–Crippen LogP) is 3.00. The van der Waals surface area contributed by atoms with Gasteiger partial charge in [0.2, 0.25) is 0 Å². The number of halogens is 1. The van der Waals surface area contributed by atoms with Crippen LogP contribution < -0.4 is 10.1 Å². The predicted molar refractivity (Wildman–Crippen MR) is 86.0 cm³/mol. The molecule has 0 aliphatic carbocycles. The molecule has 2 N–H and O–H groups in total. The molecule has 0 bridgehead atoms. The summed E-state index contributed by atoms with van der Waals surface area (Å²) >= 11 is 6.19. The Labute approximate surface area is 132 Å². The molecule has 4 nitrogen and oxygen atoms in total. The third-order valence-corrected chi connectivity index (χ3v) is 3.09. The summed E-state index contributed by atoms with van der Waals surface area (Å²) in [6, 6.07) is 6.02. The first-order chi connectivity index (χ1) is 9.90. The summed E-state index contributed by atoms with van der Waals surface area (Å²) < 4.78 is 11.0. The summed E-state index contributed by atoms with van der Waals surface area (Å²) in [7, 11) is 0. The van der Waals surface area contributed by atoms with E-state index in [4.69, 9.17) is 21.1 Å². The Kier molecular flexibility index (Phi) is 8.04. The van der Waals surface area contributed by atoms with E-state index in [1.54, 1.807) is 6.07 Å². The average Bonchev–Trinajstić information content (AvgIpc) is 2.41. The lowest BCUT2D eigenvalue weighted by Gasteiger charge is -2.18. The van der Waals surface area contributed by atoms with Gasteiger partial charge in [0.15, 0.2) is 0 Å². The molecule has 0 fully saturated rings. The average molecular weight is 316 g/mol. The van der Waals surface area contributed by atoms with Crippen molar-refractivity contribution >= 4 is 11.6 Å². The molecule has 120 valence electrons. The summed E-state index contributed by atoms with van der Waals surface area (Å²) in [6.45, 7) is 9.10. The van der Waals surface area contributed by atoms with E-state index in [9.17, 15) is 5.11 Å². The van der Waals surface area contributed by atoms with Crippen molar-refractivity contribution in [2.75, 3.05) is 13.2 Å². The zero-order chi connectivity index (χ0) is 15.8. The molecule has 1 atom stereocenters. The summed E-state index contributed by atoms with van der Waals surface area (Å²) in [4.78, 5) is 0. The maximum absolute atomic E-state index is 9.85. The second-order valence-corrected chi connectivity index (χ2v) is 6.02. The van der Waals surface area contributed by atoms with Crippen LogP contribution in [0.5, 0.6) is 5.75 Å². The Hall–Kier alpha value is -0.810. The van der Waals surface area contributed by atoms with Crippen LogP contribution in [-0.4, -0.2) is 36.6 Å². The summed E-state index contributed by atoms with van der Waals surface area (Å²) in [5.74, 6) is 0.621. The number of aliphatic hydroxyl groups excluding tert-OH is 1. The van der Waals surface area contributed by atoms with E-state index in [-0.39, 0.29) is 19.3 Å². The van der Waals surface area contributed by atoms with Gasteiger partial charge in [-0.05, 0) is 19.9 Å². The van der Waals surface area contributed by atoms with Gasteiger partial charge in [-0.3, -0.25) is 0 Å². The van der Waals surface area contributed by atoms with E-state index in [1.165, 1.54) is 0 Å². The zero-order valence-electron chi connectivity index (χ0n) is 13.2. The van der Waals surface area contributed by atoms with Gasteiger partial charge in [-0.1, -0.05) is 37.6 Å². The smallest absolute Gasteiger partial charge is 0.142 e. The van der Waals surface area contributed by atoms with Gasteiger partial charge in [0, 0.05) is 18.2 Å². The number of hydrogen-bond acceptors (Lipinski definition) is 4. The first kappa shape index (κ1) is 18.2. The fourth-order valence-corrected chi connectivity index (χ4v) is 1.95. The Balaban J connectivity index is 2.60. The Morgan fingerprint density at radius 2 is 1.90 bits per heavy atom. The number of aliphatic hydroxyl groups is 1. The van der Waals surface area contributed by atoms with Crippen LogP contribution in [0.25, 0.3) is 0 Å². The van der Waals surface area contributed by atoms with Crippen molar-refractivity contribution in [2.24, 2.45) is 0 Å². The maximum Gasteiger partial charge on any atom is 0.142 e. The van der Waals surface area contributed by atoms with Crippen LogP contribution >= 0.6 is 11.6 Å². The molecule has 0 aromatic heterocycles. The van der Waals surface area contributed by atoms with E-state index in [0.717, 1.165) is 5.56 Å². The number of hydrogen-bond donors (Lipinski definition) is 2. The van der Waals surface area contributed by atoms with Crippen LogP contribution in [-0.2, 0) is 11.3 Å². The normalized spacial score (nSPS) is 13.0. The minimum Gasteiger partial charge on any atom is -0.489 e. The van der Waals surface area contributed by atoms with E-state index in [0.29, 0.717) is 23.4 Å². The first-order valence-electron chi connectivity index (χ1n) is 7.33. The van der Waals surface area contributed by atoms with Crippen LogP contribution in [0, 0.1) is 0 Å². The van der Waals surface area contributed by atoms with Gasteiger partial charge in [-0.2, -0.15) is 0 Å². The molecule has 1 unspecified atom stereocenters. The minimum atomic E-state index is -0.672. The zero-order valence-corrected chi connectivity index (χ0v) is 14.0. The van der Waals surface area contributed by atoms with Crippen molar-refractivity contribution in [3.63, 3.8) is 0 Å². The SMILES string of the molecule is CC(C)NCc1cccc(Cl)c1OCC(O)COC(C)C. The van der Waals surface area contributed by atoms with E-state index in [1.807, 2.05) is 26.0 Å². The second kappa shape index (κ2) is 9.26. The molecule has 21 heavy (non-hydrogen) atoms.